The van der Waals surface area contributed by atoms with Crippen molar-refractivity contribution in [3.63, 3.8) is 0 Å². The minimum absolute atomic E-state index is 0.0657. The highest BCUT2D eigenvalue weighted by Gasteiger charge is 2.17. The fourth-order valence-corrected chi connectivity index (χ4v) is 4.05. The van der Waals surface area contributed by atoms with Crippen molar-refractivity contribution in [2.24, 2.45) is 0 Å². The summed E-state index contributed by atoms with van der Waals surface area (Å²) < 4.78 is 2.01. The molecule has 1 aliphatic rings. The van der Waals surface area contributed by atoms with Gasteiger partial charge >= 0.3 is 0 Å². The molecule has 1 aromatic carbocycles. The van der Waals surface area contributed by atoms with Gasteiger partial charge in [0.2, 0.25) is 0 Å². The Morgan fingerprint density at radius 2 is 2.14 bits per heavy atom. The molecule has 0 saturated carbocycles. The molecule has 21 heavy (non-hydrogen) atoms. The first kappa shape index (κ1) is 14.8. The van der Waals surface area contributed by atoms with Crippen LogP contribution in [0, 0.1) is 0 Å². The van der Waals surface area contributed by atoms with Crippen molar-refractivity contribution in [3.8, 4) is 0 Å². The van der Waals surface area contributed by atoms with E-state index in [0.717, 1.165) is 34.2 Å². The number of amides is 1. The molecule has 4 nitrogen and oxygen atoms in total. The Bertz CT molecular complexity index is 664. The first-order valence-corrected chi connectivity index (χ1v) is 8.74. The van der Waals surface area contributed by atoms with Gasteiger partial charge in [0.15, 0.2) is 0 Å². The minimum atomic E-state index is -0.0657. The van der Waals surface area contributed by atoms with Gasteiger partial charge in [0.1, 0.15) is 4.88 Å². The molecular weight excluding hydrogens is 350 g/mol. The first-order chi connectivity index (χ1) is 10.1. The highest BCUT2D eigenvalue weighted by atomic mass is 79.9. The average Bonchev–Trinajstić information content (AvgIpc) is 3.08. The SMILES string of the molecule is Nc1c(C(=O)NCCN2CCCC2)sc2ccc(Br)cc12. The van der Waals surface area contributed by atoms with Gasteiger partial charge in [-0.3, -0.25) is 4.79 Å². The van der Waals surface area contributed by atoms with E-state index in [2.05, 4.69) is 26.1 Å². The fourth-order valence-electron chi connectivity index (χ4n) is 2.67. The first-order valence-electron chi connectivity index (χ1n) is 7.13. The van der Waals surface area contributed by atoms with Crippen LogP contribution in [0.1, 0.15) is 22.5 Å². The summed E-state index contributed by atoms with van der Waals surface area (Å²) >= 11 is 4.89. The minimum Gasteiger partial charge on any atom is -0.397 e. The van der Waals surface area contributed by atoms with Gasteiger partial charge in [0, 0.05) is 27.6 Å². The zero-order valence-electron chi connectivity index (χ0n) is 11.7. The third-order valence-electron chi connectivity index (χ3n) is 3.81. The molecule has 1 fully saturated rings. The van der Waals surface area contributed by atoms with Crippen molar-refractivity contribution >= 4 is 48.9 Å². The van der Waals surface area contributed by atoms with Gasteiger partial charge < -0.3 is 16.0 Å². The summed E-state index contributed by atoms with van der Waals surface area (Å²) in [7, 11) is 0. The van der Waals surface area contributed by atoms with Crippen LogP contribution in [0.15, 0.2) is 22.7 Å². The van der Waals surface area contributed by atoms with Crippen molar-refractivity contribution in [2.75, 3.05) is 31.9 Å². The summed E-state index contributed by atoms with van der Waals surface area (Å²) in [5, 5.41) is 3.92. The van der Waals surface area contributed by atoms with E-state index in [0.29, 0.717) is 17.1 Å². The van der Waals surface area contributed by atoms with Gasteiger partial charge in [-0.2, -0.15) is 0 Å². The molecule has 1 amide bonds. The van der Waals surface area contributed by atoms with E-state index in [1.807, 2.05) is 18.2 Å². The number of nitrogens with zero attached hydrogens (tertiary/aromatic N) is 1. The quantitative estimate of drug-likeness (QED) is 0.872. The van der Waals surface area contributed by atoms with Crippen LogP contribution in [0.2, 0.25) is 0 Å². The maximum Gasteiger partial charge on any atom is 0.263 e. The van der Waals surface area contributed by atoms with Crippen molar-refractivity contribution in [3.05, 3.63) is 27.5 Å². The largest absolute Gasteiger partial charge is 0.397 e. The maximum absolute atomic E-state index is 12.3. The Hall–Kier alpha value is -1.11. The molecule has 2 heterocycles. The van der Waals surface area contributed by atoms with E-state index >= 15 is 0 Å². The lowest BCUT2D eigenvalue weighted by Gasteiger charge is -2.14. The molecular formula is C15H18BrN3OS. The number of nitrogens with two attached hydrogens (primary N) is 1. The predicted molar refractivity (Wildman–Crippen MR) is 91.9 cm³/mol. The number of fused-ring (bicyclic) bond motifs is 1. The van der Waals surface area contributed by atoms with Gasteiger partial charge in [-0.1, -0.05) is 15.9 Å². The molecule has 0 unspecified atom stereocenters. The van der Waals surface area contributed by atoms with Crippen molar-refractivity contribution in [2.45, 2.75) is 12.8 Å². The highest BCUT2D eigenvalue weighted by molar-refractivity contribution is 9.10. The topological polar surface area (TPSA) is 58.4 Å². The molecule has 0 radical (unpaired) electrons. The van der Waals surface area contributed by atoms with E-state index in [4.69, 9.17) is 5.73 Å². The summed E-state index contributed by atoms with van der Waals surface area (Å²) in [6.45, 7) is 3.89. The number of halogens is 1. The Balaban J connectivity index is 1.67. The van der Waals surface area contributed by atoms with Crippen LogP contribution in [0.5, 0.6) is 0 Å². The van der Waals surface area contributed by atoms with Crippen LogP contribution < -0.4 is 11.1 Å². The number of hydrogen-bond acceptors (Lipinski definition) is 4. The number of likely N-dealkylation sites (tertiary alicyclic amines) is 1. The molecule has 0 atom stereocenters. The number of benzene rings is 1. The molecule has 0 bridgehead atoms. The summed E-state index contributed by atoms with van der Waals surface area (Å²) in [6, 6.07) is 5.91. The zero-order chi connectivity index (χ0) is 14.8. The summed E-state index contributed by atoms with van der Waals surface area (Å²) in [4.78, 5) is 15.3. The molecule has 1 aromatic heterocycles. The summed E-state index contributed by atoms with van der Waals surface area (Å²) in [5.41, 5.74) is 6.70. The van der Waals surface area contributed by atoms with Crippen molar-refractivity contribution in [1.82, 2.24) is 10.2 Å². The van der Waals surface area contributed by atoms with E-state index in [-0.39, 0.29) is 5.91 Å². The molecule has 2 aromatic rings. The lowest BCUT2D eigenvalue weighted by atomic mass is 10.2. The number of rotatable bonds is 4. The van der Waals surface area contributed by atoms with Crippen LogP contribution in [0.3, 0.4) is 0 Å². The van der Waals surface area contributed by atoms with Gasteiger partial charge in [-0.25, -0.2) is 0 Å². The van der Waals surface area contributed by atoms with E-state index in [9.17, 15) is 4.79 Å². The van der Waals surface area contributed by atoms with Gasteiger partial charge in [-0.15, -0.1) is 11.3 Å². The number of anilines is 1. The lowest BCUT2D eigenvalue weighted by molar-refractivity contribution is 0.0954. The van der Waals surface area contributed by atoms with Crippen molar-refractivity contribution < 1.29 is 4.79 Å². The Morgan fingerprint density at radius 1 is 1.38 bits per heavy atom. The second-order valence-corrected chi connectivity index (χ2v) is 7.26. The number of carbonyl (C=O) groups is 1. The molecule has 112 valence electrons. The number of nitrogens with one attached hydrogen (secondary N) is 1. The standard InChI is InChI=1S/C15H18BrN3OS/c16-10-3-4-12-11(9-10)13(17)14(21-12)15(20)18-5-8-19-6-1-2-7-19/h3-4,9H,1-2,5-8,17H2,(H,18,20). The van der Waals surface area contributed by atoms with Crippen LogP contribution in [0.25, 0.3) is 10.1 Å². The van der Waals surface area contributed by atoms with Crippen LogP contribution in [0.4, 0.5) is 5.69 Å². The second kappa shape index (κ2) is 6.34. The van der Waals surface area contributed by atoms with E-state index in [1.165, 1.54) is 24.2 Å². The summed E-state index contributed by atoms with van der Waals surface area (Å²) in [6.07, 6.45) is 2.54. The van der Waals surface area contributed by atoms with Crippen molar-refractivity contribution in [1.29, 1.82) is 0 Å². The van der Waals surface area contributed by atoms with Crippen LogP contribution in [-0.2, 0) is 0 Å². The van der Waals surface area contributed by atoms with Gasteiger partial charge in [0.05, 0.1) is 5.69 Å². The fraction of sp³-hybridized carbons (Fsp3) is 0.400. The Kier molecular flexibility index (Phi) is 4.47. The van der Waals surface area contributed by atoms with Gasteiger partial charge in [-0.05, 0) is 44.1 Å². The highest BCUT2D eigenvalue weighted by Crippen LogP contribution is 2.35. The molecule has 3 N–H and O–H groups in total. The summed E-state index contributed by atoms with van der Waals surface area (Å²) in [5.74, 6) is -0.0657. The van der Waals surface area contributed by atoms with Crippen LogP contribution in [-0.4, -0.2) is 37.0 Å². The van der Waals surface area contributed by atoms with Crippen LogP contribution >= 0.6 is 27.3 Å². The molecule has 3 rings (SSSR count). The third-order valence-corrected chi connectivity index (χ3v) is 5.49. The number of hydrogen-bond donors (Lipinski definition) is 2. The predicted octanol–water partition coefficient (Wildman–Crippen LogP) is 3.07. The smallest absolute Gasteiger partial charge is 0.263 e. The lowest BCUT2D eigenvalue weighted by Crippen LogP contribution is -2.33. The normalized spacial score (nSPS) is 15.7. The second-order valence-electron chi connectivity index (χ2n) is 5.29. The molecule has 1 saturated heterocycles. The monoisotopic (exact) mass is 367 g/mol. The number of carbonyl (C=O) groups excluding carboxylic acids is 1. The maximum atomic E-state index is 12.3. The average molecular weight is 368 g/mol. The van der Waals surface area contributed by atoms with E-state index < -0.39 is 0 Å². The van der Waals surface area contributed by atoms with E-state index in [1.54, 1.807) is 0 Å². The molecule has 0 spiro atoms. The molecule has 0 aliphatic carbocycles. The third kappa shape index (κ3) is 3.22. The number of nitrogen functional groups attached to an aromatic ring is 1. The molecule has 6 heteroatoms. The Labute approximate surface area is 136 Å². The number of thiophene rings is 1. The van der Waals surface area contributed by atoms with Gasteiger partial charge in [0.25, 0.3) is 5.91 Å². The zero-order valence-corrected chi connectivity index (χ0v) is 14.1. The Morgan fingerprint density at radius 3 is 2.90 bits per heavy atom. The molecule has 1 aliphatic heterocycles.